The number of hydrogen-bond donors (Lipinski definition) is 0. The van der Waals surface area contributed by atoms with Crippen LogP contribution in [-0.2, 0) is 6.61 Å². The number of alkyl halides is 3. The van der Waals surface area contributed by atoms with Gasteiger partial charge in [0.15, 0.2) is 11.6 Å². The maximum Gasteiger partial charge on any atom is 0.387 e. The SMILES string of the molecule is Fc1ccc(-n2cc(COc3nccc(N4CC[C@@H](F)C4)n3)nn2)cc1OC(F)F. The van der Waals surface area contributed by atoms with Crippen molar-refractivity contribution in [3.05, 3.63) is 48.2 Å². The van der Waals surface area contributed by atoms with Gasteiger partial charge in [0.05, 0.1) is 18.4 Å². The molecule has 3 aromatic rings. The Morgan fingerprint density at radius 3 is 2.87 bits per heavy atom. The fraction of sp³-hybridized carbons (Fsp3) is 0.333. The van der Waals surface area contributed by atoms with Crippen molar-refractivity contribution < 1.29 is 27.0 Å². The molecule has 1 fully saturated rings. The molecule has 1 aromatic carbocycles. The van der Waals surface area contributed by atoms with Crippen molar-refractivity contribution in [1.82, 2.24) is 25.0 Å². The Balaban J connectivity index is 1.42. The first kappa shape index (κ1) is 19.9. The van der Waals surface area contributed by atoms with E-state index in [4.69, 9.17) is 4.74 Å². The molecule has 158 valence electrons. The van der Waals surface area contributed by atoms with Crippen LogP contribution in [0.4, 0.5) is 23.4 Å². The van der Waals surface area contributed by atoms with Crippen LogP contribution in [0.5, 0.6) is 11.8 Å². The fourth-order valence-electron chi connectivity index (χ4n) is 2.95. The van der Waals surface area contributed by atoms with Gasteiger partial charge in [0.25, 0.3) is 0 Å². The molecular formula is C18H16F4N6O2. The van der Waals surface area contributed by atoms with Gasteiger partial charge in [-0.05, 0) is 24.6 Å². The molecule has 2 aromatic heterocycles. The predicted octanol–water partition coefficient (Wildman–Crippen LogP) is 2.93. The third-order valence-corrected chi connectivity index (χ3v) is 4.36. The van der Waals surface area contributed by atoms with Crippen molar-refractivity contribution in [2.75, 3.05) is 18.0 Å². The first-order valence-electron chi connectivity index (χ1n) is 8.99. The average Bonchev–Trinajstić information content (AvgIpc) is 3.37. The molecule has 0 N–H and O–H groups in total. The van der Waals surface area contributed by atoms with E-state index >= 15 is 0 Å². The van der Waals surface area contributed by atoms with Crippen LogP contribution in [-0.4, -0.2) is 50.8 Å². The van der Waals surface area contributed by atoms with Gasteiger partial charge in [-0.15, -0.1) is 5.10 Å². The maximum absolute atomic E-state index is 13.6. The Morgan fingerprint density at radius 2 is 2.10 bits per heavy atom. The Morgan fingerprint density at radius 1 is 1.23 bits per heavy atom. The summed E-state index contributed by atoms with van der Waals surface area (Å²) in [6, 6.07) is 5.19. The van der Waals surface area contributed by atoms with Crippen LogP contribution in [0.15, 0.2) is 36.7 Å². The van der Waals surface area contributed by atoms with Gasteiger partial charge in [0, 0.05) is 18.8 Å². The van der Waals surface area contributed by atoms with E-state index in [1.165, 1.54) is 23.1 Å². The molecule has 0 unspecified atom stereocenters. The summed E-state index contributed by atoms with van der Waals surface area (Å²) in [5.41, 5.74) is 0.675. The largest absolute Gasteiger partial charge is 0.457 e. The van der Waals surface area contributed by atoms with E-state index in [2.05, 4.69) is 25.0 Å². The molecule has 1 aliphatic rings. The lowest BCUT2D eigenvalue weighted by Gasteiger charge is -2.16. The molecule has 4 rings (SSSR count). The molecule has 0 radical (unpaired) electrons. The number of benzene rings is 1. The highest BCUT2D eigenvalue weighted by Gasteiger charge is 2.23. The zero-order valence-electron chi connectivity index (χ0n) is 15.5. The van der Waals surface area contributed by atoms with Crippen molar-refractivity contribution in [3.63, 3.8) is 0 Å². The maximum atomic E-state index is 13.6. The predicted molar refractivity (Wildman–Crippen MR) is 96.0 cm³/mol. The second-order valence-electron chi connectivity index (χ2n) is 6.47. The van der Waals surface area contributed by atoms with Crippen molar-refractivity contribution in [3.8, 4) is 17.4 Å². The zero-order chi connectivity index (χ0) is 21.1. The minimum absolute atomic E-state index is 0.0171. The lowest BCUT2D eigenvalue weighted by molar-refractivity contribution is -0.0521. The minimum Gasteiger partial charge on any atom is -0.457 e. The van der Waals surface area contributed by atoms with Crippen LogP contribution >= 0.6 is 0 Å². The summed E-state index contributed by atoms with van der Waals surface area (Å²) in [4.78, 5) is 10.1. The summed E-state index contributed by atoms with van der Waals surface area (Å²) < 4.78 is 62.6. The summed E-state index contributed by atoms with van der Waals surface area (Å²) in [6.45, 7) is -2.32. The molecule has 8 nitrogen and oxygen atoms in total. The Hall–Kier alpha value is -3.44. The van der Waals surface area contributed by atoms with Crippen LogP contribution in [0, 0.1) is 5.82 Å². The van der Waals surface area contributed by atoms with Crippen molar-refractivity contribution in [2.24, 2.45) is 0 Å². The summed E-state index contributed by atoms with van der Waals surface area (Å²) in [7, 11) is 0. The van der Waals surface area contributed by atoms with Gasteiger partial charge in [-0.2, -0.15) is 13.8 Å². The number of rotatable bonds is 7. The van der Waals surface area contributed by atoms with Gasteiger partial charge in [0.2, 0.25) is 0 Å². The third kappa shape index (κ3) is 4.58. The lowest BCUT2D eigenvalue weighted by atomic mass is 10.3. The molecular weight excluding hydrogens is 408 g/mol. The van der Waals surface area contributed by atoms with Crippen LogP contribution in [0.1, 0.15) is 12.1 Å². The normalized spacial score (nSPS) is 16.3. The number of nitrogens with zero attached hydrogens (tertiary/aromatic N) is 6. The smallest absolute Gasteiger partial charge is 0.387 e. The highest BCUT2D eigenvalue weighted by Crippen LogP contribution is 2.23. The molecule has 0 saturated carbocycles. The lowest BCUT2D eigenvalue weighted by Crippen LogP contribution is -2.21. The number of aromatic nitrogens is 5. The minimum atomic E-state index is -3.15. The second-order valence-corrected chi connectivity index (χ2v) is 6.47. The number of ether oxygens (including phenoxy) is 2. The van der Waals surface area contributed by atoms with Gasteiger partial charge in [-0.25, -0.2) is 18.4 Å². The zero-order valence-corrected chi connectivity index (χ0v) is 15.5. The van der Waals surface area contributed by atoms with E-state index in [1.807, 2.05) is 4.90 Å². The fourth-order valence-corrected chi connectivity index (χ4v) is 2.95. The van der Waals surface area contributed by atoms with Crippen molar-refractivity contribution in [1.29, 1.82) is 0 Å². The third-order valence-electron chi connectivity index (χ3n) is 4.36. The summed E-state index contributed by atoms with van der Waals surface area (Å²) >= 11 is 0. The van der Waals surface area contributed by atoms with E-state index in [9.17, 15) is 17.6 Å². The Kier molecular flexibility index (Phi) is 5.63. The molecule has 1 saturated heterocycles. The van der Waals surface area contributed by atoms with Crippen LogP contribution in [0.25, 0.3) is 5.69 Å². The van der Waals surface area contributed by atoms with Gasteiger partial charge >= 0.3 is 12.6 Å². The Labute approximate surface area is 168 Å². The van der Waals surface area contributed by atoms with E-state index in [0.717, 1.165) is 12.1 Å². The quantitative estimate of drug-likeness (QED) is 0.540. The molecule has 3 heterocycles. The molecule has 0 spiro atoms. The summed E-state index contributed by atoms with van der Waals surface area (Å²) in [5, 5.41) is 7.79. The van der Waals surface area contributed by atoms with Gasteiger partial charge < -0.3 is 14.4 Å². The molecule has 1 aliphatic heterocycles. The highest BCUT2D eigenvalue weighted by atomic mass is 19.3. The Bertz CT molecular complexity index is 1020. The van der Waals surface area contributed by atoms with Crippen LogP contribution < -0.4 is 14.4 Å². The molecule has 12 heteroatoms. The molecule has 0 amide bonds. The van der Waals surface area contributed by atoms with Crippen LogP contribution in [0.3, 0.4) is 0 Å². The first-order valence-corrected chi connectivity index (χ1v) is 8.99. The van der Waals surface area contributed by atoms with E-state index in [1.54, 1.807) is 6.07 Å². The van der Waals surface area contributed by atoms with Gasteiger partial charge in [-0.1, -0.05) is 5.21 Å². The standard InChI is InChI=1S/C18H16F4N6O2/c19-11-4-6-27(8-11)16-3-5-23-18(24-16)29-10-12-9-28(26-25-12)13-1-2-14(20)15(7-13)30-17(21)22/h1-3,5,7,9,11,17H,4,6,8,10H2/t11-/m1/s1. The van der Waals surface area contributed by atoms with Crippen LogP contribution in [0.2, 0.25) is 0 Å². The van der Waals surface area contributed by atoms with E-state index < -0.39 is 24.3 Å². The highest BCUT2D eigenvalue weighted by molar-refractivity contribution is 5.40. The van der Waals surface area contributed by atoms with Crippen molar-refractivity contribution >= 4 is 5.82 Å². The topological polar surface area (TPSA) is 78.2 Å². The number of halogens is 4. The van der Waals surface area contributed by atoms with Gasteiger partial charge in [0.1, 0.15) is 24.3 Å². The molecule has 1 atom stereocenters. The summed E-state index contributed by atoms with van der Waals surface area (Å²) in [6.07, 6.45) is 2.58. The van der Waals surface area contributed by atoms with Crippen molar-refractivity contribution in [2.45, 2.75) is 25.8 Å². The van der Waals surface area contributed by atoms with Gasteiger partial charge in [-0.3, -0.25) is 0 Å². The monoisotopic (exact) mass is 424 g/mol. The molecule has 0 aliphatic carbocycles. The second kappa shape index (κ2) is 8.51. The van der Waals surface area contributed by atoms with E-state index in [-0.39, 0.29) is 24.8 Å². The summed E-state index contributed by atoms with van der Waals surface area (Å²) in [5.74, 6) is -0.947. The first-order chi connectivity index (χ1) is 14.5. The number of anilines is 1. The van der Waals surface area contributed by atoms with E-state index in [0.29, 0.717) is 24.5 Å². The molecule has 0 bridgehead atoms. The average molecular weight is 424 g/mol. The number of hydrogen-bond acceptors (Lipinski definition) is 7. The molecule has 30 heavy (non-hydrogen) atoms.